The Morgan fingerprint density at radius 2 is 1.58 bits per heavy atom. The van der Waals surface area contributed by atoms with Crippen molar-refractivity contribution in [2.75, 3.05) is 10.7 Å². The molecule has 0 saturated carbocycles. The molecule has 4 nitrogen and oxygen atoms in total. The van der Waals surface area contributed by atoms with Crippen LogP contribution in [-0.2, 0) is 4.79 Å². The van der Waals surface area contributed by atoms with Gasteiger partial charge in [0.1, 0.15) is 5.01 Å². The Bertz CT molecular complexity index is 751. The number of carbonyl (C=O) groups excluding carboxylic acids is 1. The van der Waals surface area contributed by atoms with Gasteiger partial charge >= 0.3 is 0 Å². The molecule has 1 amide bonds. The van der Waals surface area contributed by atoms with E-state index >= 15 is 0 Å². The lowest BCUT2D eigenvalue weighted by atomic mass is 10.2. The van der Waals surface area contributed by atoms with Crippen LogP contribution in [0.1, 0.15) is 11.4 Å². The maximum Gasteiger partial charge on any atom is 0.232 e. The van der Waals surface area contributed by atoms with E-state index in [1.54, 1.807) is 28.0 Å². The van der Waals surface area contributed by atoms with E-state index in [0.29, 0.717) is 12.2 Å². The summed E-state index contributed by atoms with van der Waals surface area (Å²) in [6.07, 6.45) is 0.438. The number of anilines is 2. The summed E-state index contributed by atoms with van der Waals surface area (Å²) >= 11 is 3.13. The normalized spacial score (nSPS) is 10.5. The second-order valence-electron chi connectivity index (χ2n) is 5.09. The third-order valence-corrected chi connectivity index (χ3v) is 5.30. The van der Waals surface area contributed by atoms with Gasteiger partial charge in [0.05, 0.1) is 0 Å². The van der Waals surface area contributed by atoms with Crippen molar-refractivity contribution < 1.29 is 4.79 Å². The van der Waals surface area contributed by atoms with Crippen molar-refractivity contribution in [2.24, 2.45) is 0 Å². The molecular formula is C18H17N3OS2. The van der Waals surface area contributed by atoms with Crippen molar-refractivity contribution in [3.05, 3.63) is 65.7 Å². The number of rotatable bonds is 6. The van der Waals surface area contributed by atoms with Crippen LogP contribution in [-0.4, -0.2) is 21.9 Å². The Morgan fingerprint density at radius 3 is 2.08 bits per heavy atom. The minimum atomic E-state index is 0.0705. The van der Waals surface area contributed by atoms with Crippen LogP contribution in [0.25, 0.3) is 0 Å². The third kappa shape index (κ3) is 4.21. The highest BCUT2D eigenvalue weighted by Crippen LogP contribution is 2.27. The lowest BCUT2D eigenvalue weighted by Gasteiger charge is -2.23. The van der Waals surface area contributed by atoms with Gasteiger partial charge in [-0.05, 0) is 31.2 Å². The van der Waals surface area contributed by atoms with Gasteiger partial charge in [-0.15, -0.1) is 10.2 Å². The van der Waals surface area contributed by atoms with E-state index in [4.69, 9.17) is 0 Å². The van der Waals surface area contributed by atoms with Crippen molar-refractivity contribution in [3.8, 4) is 0 Å². The Labute approximate surface area is 149 Å². The van der Waals surface area contributed by atoms with E-state index < -0.39 is 0 Å². The number of thioether (sulfide) groups is 1. The molecule has 0 aliphatic carbocycles. The Kier molecular flexibility index (Phi) is 5.61. The molecule has 0 spiro atoms. The van der Waals surface area contributed by atoms with Crippen LogP contribution in [0.5, 0.6) is 0 Å². The molecule has 0 saturated heterocycles. The second-order valence-corrected chi connectivity index (χ2v) is 7.61. The number of hydrogen-bond acceptors (Lipinski definition) is 5. The van der Waals surface area contributed by atoms with Gasteiger partial charge in [0.25, 0.3) is 0 Å². The van der Waals surface area contributed by atoms with Crippen LogP contribution >= 0.6 is 23.1 Å². The van der Waals surface area contributed by atoms with E-state index in [0.717, 1.165) is 20.7 Å². The molecule has 3 rings (SSSR count). The molecule has 3 aromatic rings. The highest BCUT2D eigenvalue weighted by molar-refractivity contribution is 8.01. The van der Waals surface area contributed by atoms with Gasteiger partial charge in [-0.2, -0.15) is 0 Å². The van der Waals surface area contributed by atoms with E-state index in [2.05, 4.69) is 10.2 Å². The third-order valence-electron chi connectivity index (χ3n) is 3.33. The number of amides is 1. The highest BCUT2D eigenvalue weighted by Gasteiger charge is 2.17. The lowest BCUT2D eigenvalue weighted by molar-refractivity contribution is -0.117. The largest absolute Gasteiger partial charge is 0.281 e. The van der Waals surface area contributed by atoms with E-state index in [1.807, 2.05) is 67.6 Å². The fraction of sp³-hybridized carbons (Fsp3) is 0.167. The smallest absolute Gasteiger partial charge is 0.232 e. The maximum absolute atomic E-state index is 12.8. The first-order valence-electron chi connectivity index (χ1n) is 7.60. The second kappa shape index (κ2) is 8.08. The fourth-order valence-corrected chi connectivity index (χ4v) is 4.08. The van der Waals surface area contributed by atoms with Crippen LogP contribution in [0, 0.1) is 6.92 Å². The number of para-hydroxylation sites is 2. The van der Waals surface area contributed by atoms with E-state index in [9.17, 15) is 4.79 Å². The SMILES string of the molecule is Cc1nnc(SCCC(=O)N(c2ccccc2)c2ccccc2)s1. The van der Waals surface area contributed by atoms with Gasteiger partial charge in [-0.3, -0.25) is 9.69 Å². The zero-order valence-corrected chi connectivity index (χ0v) is 14.9. The molecule has 0 atom stereocenters. The molecule has 24 heavy (non-hydrogen) atoms. The number of hydrogen-bond donors (Lipinski definition) is 0. The molecule has 0 bridgehead atoms. The standard InChI is InChI=1S/C18H17N3OS2/c1-14-19-20-18(24-14)23-13-12-17(22)21(15-8-4-2-5-9-15)16-10-6-3-7-11-16/h2-11H,12-13H2,1H3. The predicted molar refractivity (Wildman–Crippen MR) is 100 cm³/mol. The number of aromatic nitrogens is 2. The summed E-state index contributed by atoms with van der Waals surface area (Å²) < 4.78 is 0.909. The van der Waals surface area contributed by atoms with Crippen molar-refractivity contribution in [3.63, 3.8) is 0 Å². The molecule has 0 aliphatic heterocycles. The molecule has 122 valence electrons. The first-order chi connectivity index (χ1) is 11.7. The topological polar surface area (TPSA) is 46.1 Å². The van der Waals surface area contributed by atoms with Gasteiger partial charge in [-0.25, -0.2) is 0 Å². The van der Waals surface area contributed by atoms with Crippen LogP contribution in [0.2, 0.25) is 0 Å². The average Bonchev–Trinajstić information content (AvgIpc) is 3.02. The van der Waals surface area contributed by atoms with Crippen molar-refractivity contribution in [2.45, 2.75) is 17.7 Å². The predicted octanol–water partition coefficient (Wildman–Crippen LogP) is 4.69. The molecule has 0 radical (unpaired) electrons. The van der Waals surface area contributed by atoms with Crippen LogP contribution in [0.4, 0.5) is 11.4 Å². The minimum Gasteiger partial charge on any atom is -0.281 e. The molecule has 1 aromatic heterocycles. The molecule has 0 N–H and O–H groups in total. The Balaban J connectivity index is 1.72. The summed E-state index contributed by atoms with van der Waals surface area (Å²) in [5, 5.41) is 9.02. The number of carbonyl (C=O) groups is 1. The summed E-state index contributed by atoms with van der Waals surface area (Å²) in [5.74, 6) is 0.755. The maximum atomic E-state index is 12.8. The highest BCUT2D eigenvalue weighted by atomic mass is 32.2. The van der Waals surface area contributed by atoms with Gasteiger partial charge in [-0.1, -0.05) is 59.5 Å². The average molecular weight is 355 g/mol. The van der Waals surface area contributed by atoms with Crippen LogP contribution < -0.4 is 4.90 Å². The minimum absolute atomic E-state index is 0.0705. The fourth-order valence-electron chi connectivity index (χ4n) is 2.27. The van der Waals surface area contributed by atoms with Crippen molar-refractivity contribution >= 4 is 40.4 Å². The van der Waals surface area contributed by atoms with E-state index in [-0.39, 0.29) is 5.91 Å². The van der Waals surface area contributed by atoms with Crippen LogP contribution in [0.15, 0.2) is 65.0 Å². The molecule has 6 heteroatoms. The molecule has 0 unspecified atom stereocenters. The number of benzene rings is 2. The summed E-state index contributed by atoms with van der Waals surface area (Å²) in [7, 11) is 0. The summed E-state index contributed by atoms with van der Waals surface area (Å²) in [5.41, 5.74) is 1.76. The summed E-state index contributed by atoms with van der Waals surface area (Å²) in [6, 6.07) is 19.5. The Hall–Kier alpha value is -2.18. The first kappa shape index (κ1) is 16.7. The number of nitrogens with zero attached hydrogens (tertiary/aromatic N) is 3. The van der Waals surface area contributed by atoms with Crippen LogP contribution in [0.3, 0.4) is 0 Å². The van der Waals surface area contributed by atoms with Crippen molar-refractivity contribution in [1.29, 1.82) is 0 Å². The van der Waals surface area contributed by atoms with Gasteiger partial charge in [0, 0.05) is 23.5 Å². The molecule has 2 aromatic carbocycles. The van der Waals surface area contributed by atoms with Crippen molar-refractivity contribution in [1.82, 2.24) is 10.2 Å². The van der Waals surface area contributed by atoms with Gasteiger partial charge in [0.15, 0.2) is 4.34 Å². The zero-order chi connectivity index (χ0) is 16.8. The summed E-state index contributed by atoms with van der Waals surface area (Å²) in [4.78, 5) is 14.6. The molecule has 0 fully saturated rings. The molecule has 1 heterocycles. The molecule has 0 aliphatic rings. The van der Waals surface area contributed by atoms with Gasteiger partial charge in [0.2, 0.25) is 5.91 Å². The summed E-state index contributed by atoms with van der Waals surface area (Å²) in [6.45, 7) is 1.93. The molecular weight excluding hydrogens is 338 g/mol. The number of aryl methyl sites for hydroxylation is 1. The Morgan fingerprint density at radius 1 is 1.00 bits per heavy atom. The quantitative estimate of drug-likeness (QED) is 0.602. The first-order valence-corrected chi connectivity index (χ1v) is 9.40. The van der Waals surface area contributed by atoms with E-state index in [1.165, 1.54) is 0 Å². The lowest BCUT2D eigenvalue weighted by Crippen LogP contribution is -2.26. The van der Waals surface area contributed by atoms with Gasteiger partial charge < -0.3 is 0 Å². The zero-order valence-electron chi connectivity index (χ0n) is 13.3. The monoisotopic (exact) mass is 355 g/mol.